The number of halogens is 2. The monoisotopic (exact) mass is 479 g/mol. The van der Waals surface area contributed by atoms with Crippen LogP contribution >= 0.6 is 23.2 Å². The van der Waals surface area contributed by atoms with E-state index in [-0.39, 0.29) is 21.5 Å². The summed E-state index contributed by atoms with van der Waals surface area (Å²) in [7, 11) is 0. The van der Waals surface area contributed by atoms with E-state index in [1.54, 1.807) is 60.8 Å². The Morgan fingerprint density at radius 3 is 2.24 bits per heavy atom. The number of aromatic nitrogens is 1. The fourth-order valence-corrected chi connectivity index (χ4v) is 3.93. The lowest BCUT2D eigenvalue weighted by atomic mass is 10.1. The van der Waals surface area contributed by atoms with Crippen LogP contribution in [0.1, 0.15) is 22.8 Å². The first-order valence-corrected chi connectivity index (χ1v) is 10.8. The van der Waals surface area contributed by atoms with Crippen molar-refractivity contribution in [3.8, 4) is 11.5 Å². The summed E-state index contributed by atoms with van der Waals surface area (Å²) in [6.45, 7) is 3.34. The number of nitrogens with one attached hydrogen (secondary N) is 2. The molecule has 33 heavy (non-hydrogen) atoms. The van der Waals surface area contributed by atoms with E-state index in [9.17, 15) is 9.59 Å². The molecule has 0 aliphatic rings. The molecule has 0 aliphatic carbocycles. The molecule has 0 saturated carbocycles. The summed E-state index contributed by atoms with van der Waals surface area (Å²) < 4.78 is 6.16. The summed E-state index contributed by atoms with van der Waals surface area (Å²) in [4.78, 5) is 28.6. The van der Waals surface area contributed by atoms with E-state index in [2.05, 4.69) is 15.6 Å². The second-order valence-electron chi connectivity index (χ2n) is 7.33. The number of fused-ring (bicyclic) bond motifs is 1. The van der Waals surface area contributed by atoms with Crippen LogP contribution in [0.3, 0.4) is 0 Å². The van der Waals surface area contributed by atoms with Crippen LogP contribution in [0.5, 0.6) is 11.5 Å². The third-order valence-electron chi connectivity index (χ3n) is 4.86. The predicted molar refractivity (Wildman–Crippen MR) is 132 cm³/mol. The zero-order chi connectivity index (χ0) is 23.5. The van der Waals surface area contributed by atoms with Crippen molar-refractivity contribution >= 4 is 57.3 Å². The smallest absolute Gasteiger partial charge is 0.258 e. The van der Waals surface area contributed by atoms with Crippen LogP contribution in [-0.2, 0) is 4.79 Å². The van der Waals surface area contributed by atoms with Crippen molar-refractivity contribution in [1.82, 2.24) is 4.98 Å². The molecular formula is C25H19Cl2N3O3. The minimum atomic E-state index is -0.434. The van der Waals surface area contributed by atoms with Crippen molar-refractivity contribution in [2.24, 2.45) is 0 Å². The van der Waals surface area contributed by atoms with E-state index in [1.807, 2.05) is 13.0 Å². The van der Waals surface area contributed by atoms with Crippen LogP contribution in [0, 0.1) is 6.92 Å². The lowest BCUT2D eigenvalue weighted by Gasteiger charge is -2.15. The van der Waals surface area contributed by atoms with E-state index >= 15 is 0 Å². The van der Waals surface area contributed by atoms with Crippen molar-refractivity contribution < 1.29 is 14.3 Å². The Hall–Kier alpha value is -3.61. The molecule has 4 aromatic rings. The molecule has 4 rings (SSSR count). The quantitative estimate of drug-likeness (QED) is 0.327. The SMILES string of the molecule is CC(=O)Nc1ccc(Oc2c(C)cnc3c(NC(=O)c4c(Cl)cccc4Cl)cccc23)cc1. The third-order valence-corrected chi connectivity index (χ3v) is 5.49. The van der Waals surface area contributed by atoms with Gasteiger partial charge in [0.1, 0.15) is 11.5 Å². The number of anilines is 2. The van der Waals surface area contributed by atoms with E-state index < -0.39 is 5.91 Å². The van der Waals surface area contributed by atoms with Crippen LogP contribution in [0.15, 0.2) is 66.9 Å². The second kappa shape index (κ2) is 9.48. The lowest BCUT2D eigenvalue weighted by molar-refractivity contribution is -0.114. The van der Waals surface area contributed by atoms with Gasteiger partial charge in [0.05, 0.1) is 26.8 Å². The second-order valence-corrected chi connectivity index (χ2v) is 8.14. The van der Waals surface area contributed by atoms with Gasteiger partial charge in [0.25, 0.3) is 5.91 Å². The van der Waals surface area contributed by atoms with Gasteiger partial charge in [-0.2, -0.15) is 0 Å². The summed E-state index contributed by atoms with van der Waals surface area (Å²) in [5.41, 5.74) is 2.75. The number of para-hydroxylation sites is 1. The highest BCUT2D eigenvalue weighted by atomic mass is 35.5. The zero-order valence-corrected chi connectivity index (χ0v) is 19.3. The van der Waals surface area contributed by atoms with E-state index in [0.717, 1.165) is 10.9 Å². The van der Waals surface area contributed by atoms with Gasteiger partial charge in [0.2, 0.25) is 5.91 Å². The van der Waals surface area contributed by atoms with Crippen molar-refractivity contribution in [1.29, 1.82) is 0 Å². The van der Waals surface area contributed by atoms with Crippen molar-refractivity contribution in [3.05, 3.63) is 88.0 Å². The van der Waals surface area contributed by atoms with Crippen LogP contribution < -0.4 is 15.4 Å². The summed E-state index contributed by atoms with van der Waals surface area (Å²) in [6, 6.07) is 17.4. The number of amides is 2. The van der Waals surface area contributed by atoms with Gasteiger partial charge in [-0.3, -0.25) is 14.6 Å². The van der Waals surface area contributed by atoms with Gasteiger partial charge >= 0.3 is 0 Å². The molecule has 0 unspecified atom stereocenters. The summed E-state index contributed by atoms with van der Waals surface area (Å²) in [6.07, 6.45) is 1.68. The minimum absolute atomic E-state index is 0.146. The summed E-state index contributed by atoms with van der Waals surface area (Å²) in [5.74, 6) is 0.625. The Kier molecular flexibility index (Phi) is 6.49. The van der Waals surface area contributed by atoms with Crippen molar-refractivity contribution in [2.45, 2.75) is 13.8 Å². The normalized spacial score (nSPS) is 10.7. The fraction of sp³-hybridized carbons (Fsp3) is 0.0800. The molecule has 8 heteroatoms. The van der Waals surface area contributed by atoms with Gasteiger partial charge in [0, 0.05) is 29.8 Å². The first-order chi connectivity index (χ1) is 15.8. The van der Waals surface area contributed by atoms with Crippen molar-refractivity contribution in [2.75, 3.05) is 10.6 Å². The molecule has 0 bridgehead atoms. The third kappa shape index (κ3) is 4.92. The molecule has 0 fully saturated rings. The predicted octanol–water partition coefficient (Wildman–Crippen LogP) is 6.85. The average Bonchev–Trinajstić information content (AvgIpc) is 2.76. The maximum Gasteiger partial charge on any atom is 0.258 e. The zero-order valence-electron chi connectivity index (χ0n) is 17.8. The molecule has 1 heterocycles. The average molecular weight is 480 g/mol. The maximum atomic E-state index is 12.9. The molecule has 0 aliphatic heterocycles. The number of carbonyl (C=O) groups is 2. The van der Waals surface area contributed by atoms with Gasteiger partial charge in [0.15, 0.2) is 0 Å². The largest absolute Gasteiger partial charge is 0.456 e. The highest BCUT2D eigenvalue weighted by Gasteiger charge is 2.17. The molecule has 0 saturated heterocycles. The standard InChI is InChI=1S/C25H19Cl2N3O3/c1-14-13-28-23-18(24(14)33-17-11-9-16(10-12-17)29-15(2)31)5-3-8-21(23)30-25(32)22-19(26)6-4-7-20(22)27/h3-13H,1-2H3,(H,29,31)(H,30,32). The molecule has 6 nitrogen and oxygen atoms in total. The summed E-state index contributed by atoms with van der Waals surface area (Å²) >= 11 is 12.4. The molecule has 0 radical (unpaired) electrons. The first kappa shape index (κ1) is 22.6. The van der Waals surface area contributed by atoms with Crippen molar-refractivity contribution in [3.63, 3.8) is 0 Å². The Labute approximate surface area is 200 Å². The number of hydrogen-bond donors (Lipinski definition) is 2. The number of nitrogens with zero attached hydrogens (tertiary/aromatic N) is 1. The van der Waals surface area contributed by atoms with Gasteiger partial charge in [-0.15, -0.1) is 0 Å². The number of benzene rings is 3. The number of hydrogen-bond acceptors (Lipinski definition) is 4. The van der Waals surface area contributed by atoms with Crippen LogP contribution in [0.2, 0.25) is 10.0 Å². The van der Waals surface area contributed by atoms with Crippen LogP contribution in [0.25, 0.3) is 10.9 Å². The number of aryl methyl sites for hydroxylation is 1. The highest BCUT2D eigenvalue weighted by Crippen LogP contribution is 2.36. The number of ether oxygens (including phenoxy) is 1. The van der Waals surface area contributed by atoms with Gasteiger partial charge in [-0.1, -0.05) is 35.3 Å². The fourth-order valence-electron chi connectivity index (χ4n) is 3.36. The molecule has 0 atom stereocenters. The minimum Gasteiger partial charge on any atom is -0.456 e. The van der Waals surface area contributed by atoms with Gasteiger partial charge in [-0.05, 0) is 55.5 Å². The van der Waals surface area contributed by atoms with E-state index in [0.29, 0.717) is 28.4 Å². The Morgan fingerprint density at radius 1 is 0.909 bits per heavy atom. The molecule has 166 valence electrons. The molecule has 2 amide bonds. The Balaban J connectivity index is 1.67. The van der Waals surface area contributed by atoms with E-state index in [4.69, 9.17) is 27.9 Å². The Morgan fingerprint density at radius 2 is 1.58 bits per heavy atom. The number of rotatable bonds is 5. The van der Waals surface area contributed by atoms with Gasteiger partial charge in [-0.25, -0.2) is 0 Å². The summed E-state index contributed by atoms with van der Waals surface area (Å²) in [5, 5.41) is 6.82. The lowest BCUT2D eigenvalue weighted by Crippen LogP contribution is -2.13. The van der Waals surface area contributed by atoms with Crippen LogP contribution in [0.4, 0.5) is 11.4 Å². The molecule has 2 N–H and O–H groups in total. The molecular weight excluding hydrogens is 461 g/mol. The van der Waals surface area contributed by atoms with Crippen LogP contribution in [-0.4, -0.2) is 16.8 Å². The number of pyridine rings is 1. The molecule has 0 spiro atoms. The number of carbonyl (C=O) groups excluding carboxylic acids is 2. The van der Waals surface area contributed by atoms with E-state index in [1.165, 1.54) is 6.92 Å². The van der Waals surface area contributed by atoms with Gasteiger partial charge < -0.3 is 15.4 Å². The highest BCUT2D eigenvalue weighted by molar-refractivity contribution is 6.40. The first-order valence-electron chi connectivity index (χ1n) is 10.0. The maximum absolute atomic E-state index is 12.9. The topological polar surface area (TPSA) is 80.3 Å². The Bertz CT molecular complexity index is 1350. The molecule has 3 aromatic carbocycles. The molecule has 1 aromatic heterocycles.